The van der Waals surface area contributed by atoms with Crippen LogP contribution in [0, 0.1) is 25.7 Å². The highest BCUT2D eigenvalue weighted by molar-refractivity contribution is 7.89. The van der Waals surface area contributed by atoms with E-state index in [2.05, 4.69) is 44.7 Å². The monoisotopic (exact) mass is 542 g/mol. The molecular weight excluding hydrogens is 504 g/mol. The van der Waals surface area contributed by atoms with Gasteiger partial charge in [0.05, 0.1) is 15.1 Å². The van der Waals surface area contributed by atoms with Gasteiger partial charge in [-0.3, -0.25) is 9.69 Å². The molecule has 0 spiro atoms. The maximum absolute atomic E-state index is 13.7. The molecule has 2 heterocycles. The molecule has 1 aliphatic rings. The fraction of sp³-hybridized carbons (Fsp3) is 0.500. The zero-order chi connectivity index (χ0) is 26.9. The summed E-state index contributed by atoms with van der Waals surface area (Å²) in [5, 5.41) is 0.664. The van der Waals surface area contributed by atoms with Gasteiger partial charge in [0.2, 0.25) is 10.0 Å². The summed E-state index contributed by atoms with van der Waals surface area (Å²) in [7, 11) is 0.425. The molecule has 2 unspecified atom stereocenters. The number of benzene rings is 2. The van der Waals surface area contributed by atoms with E-state index in [1.54, 1.807) is 33.5 Å². The van der Waals surface area contributed by atoms with E-state index in [4.69, 9.17) is 4.98 Å². The summed E-state index contributed by atoms with van der Waals surface area (Å²) >= 11 is 1.51. The molecule has 1 amide bonds. The molecule has 0 saturated carbocycles. The Morgan fingerprint density at radius 3 is 2.27 bits per heavy atom. The van der Waals surface area contributed by atoms with Gasteiger partial charge in [0.15, 0.2) is 5.13 Å². The highest BCUT2D eigenvalue weighted by atomic mass is 32.2. The number of hydrogen-bond acceptors (Lipinski definition) is 6. The molecule has 1 aliphatic heterocycles. The van der Waals surface area contributed by atoms with Crippen LogP contribution in [0.15, 0.2) is 41.3 Å². The number of anilines is 1. The number of aryl methyl sites for hydroxylation is 2. The number of thiazole rings is 1. The molecule has 1 fully saturated rings. The molecular formula is C28H38N4O3S2. The molecule has 200 valence electrons. The van der Waals surface area contributed by atoms with Gasteiger partial charge in [0, 0.05) is 25.2 Å². The number of carbonyl (C=O) groups excluding carboxylic acids is 1. The number of carbonyl (C=O) groups is 1. The van der Waals surface area contributed by atoms with E-state index in [1.165, 1.54) is 22.5 Å². The van der Waals surface area contributed by atoms with Crippen molar-refractivity contribution in [1.29, 1.82) is 0 Å². The number of hydrogen-bond donors (Lipinski definition) is 0. The van der Waals surface area contributed by atoms with Crippen LogP contribution in [0.4, 0.5) is 5.13 Å². The fourth-order valence-corrected chi connectivity index (χ4v) is 7.74. The molecule has 7 nitrogen and oxygen atoms in total. The van der Waals surface area contributed by atoms with Crippen LogP contribution in [0.1, 0.15) is 48.2 Å². The maximum atomic E-state index is 13.7. The second-order valence-corrected chi connectivity index (χ2v) is 13.8. The lowest BCUT2D eigenvalue weighted by molar-refractivity contribution is 0.0986. The molecule has 2 atom stereocenters. The standard InChI is InChI=1S/C28H38N4O3S2/c1-19-14-20(2)18-31(17-19)37(34,35)24-10-8-23(9-11-24)27(33)32(13-7-12-30(5)6)28-29-25-15-21(3)22(4)16-26(25)36-28/h8-11,15-16,19-20H,7,12-14,17-18H2,1-6H3. The second-order valence-electron chi connectivity index (χ2n) is 10.8. The predicted octanol–water partition coefficient (Wildman–Crippen LogP) is 5.18. The minimum atomic E-state index is -3.60. The number of nitrogens with zero attached hydrogens (tertiary/aromatic N) is 4. The first-order valence-electron chi connectivity index (χ1n) is 12.9. The third-order valence-corrected chi connectivity index (χ3v) is 9.92. The molecule has 2 aromatic carbocycles. The van der Waals surface area contributed by atoms with Crippen LogP contribution in [0.5, 0.6) is 0 Å². The minimum absolute atomic E-state index is 0.171. The Morgan fingerprint density at radius 2 is 1.65 bits per heavy atom. The predicted molar refractivity (Wildman–Crippen MR) is 152 cm³/mol. The molecule has 9 heteroatoms. The smallest absolute Gasteiger partial charge is 0.260 e. The quantitative estimate of drug-likeness (QED) is 0.392. The summed E-state index contributed by atoms with van der Waals surface area (Å²) in [6.07, 6.45) is 1.83. The van der Waals surface area contributed by atoms with E-state index >= 15 is 0 Å². The van der Waals surface area contributed by atoms with Gasteiger partial charge in [-0.2, -0.15) is 4.31 Å². The largest absolute Gasteiger partial charge is 0.309 e. The van der Waals surface area contributed by atoms with Crippen molar-refractivity contribution in [2.24, 2.45) is 11.8 Å². The lowest BCUT2D eigenvalue weighted by Crippen LogP contribution is -2.42. The van der Waals surface area contributed by atoms with Crippen LogP contribution < -0.4 is 4.90 Å². The number of amides is 1. The summed E-state index contributed by atoms with van der Waals surface area (Å²) < 4.78 is 29.2. The van der Waals surface area contributed by atoms with Crippen LogP contribution >= 0.6 is 11.3 Å². The SMILES string of the molecule is Cc1cc2nc(N(CCCN(C)C)C(=O)c3ccc(S(=O)(=O)N4CC(C)CC(C)C4)cc3)sc2cc1C. The highest BCUT2D eigenvalue weighted by Crippen LogP contribution is 2.32. The lowest BCUT2D eigenvalue weighted by atomic mass is 9.94. The van der Waals surface area contributed by atoms with Gasteiger partial charge in [-0.15, -0.1) is 0 Å². The maximum Gasteiger partial charge on any atom is 0.260 e. The zero-order valence-electron chi connectivity index (χ0n) is 22.7. The normalized spacial score (nSPS) is 19.0. The molecule has 0 bridgehead atoms. The summed E-state index contributed by atoms with van der Waals surface area (Å²) in [6, 6.07) is 10.6. The molecule has 3 aromatic rings. The van der Waals surface area contributed by atoms with Crippen molar-refractivity contribution in [2.45, 2.75) is 45.4 Å². The third kappa shape index (κ3) is 6.22. The second kappa shape index (κ2) is 11.2. The number of sulfonamides is 1. The topological polar surface area (TPSA) is 73.8 Å². The Kier molecular flexibility index (Phi) is 8.38. The Hall–Kier alpha value is -2.33. The molecule has 4 rings (SSSR count). The third-order valence-electron chi connectivity index (χ3n) is 7.03. The van der Waals surface area contributed by atoms with Gasteiger partial charge in [-0.05, 0) is 107 Å². The molecule has 0 N–H and O–H groups in total. The average molecular weight is 543 g/mol. The van der Waals surface area contributed by atoms with Gasteiger partial charge >= 0.3 is 0 Å². The van der Waals surface area contributed by atoms with Gasteiger partial charge < -0.3 is 4.90 Å². The molecule has 0 aliphatic carbocycles. The first-order valence-corrected chi connectivity index (χ1v) is 15.2. The van der Waals surface area contributed by atoms with Crippen LogP contribution in [0.3, 0.4) is 0 Å². The van der Waals surface area contributed by atoms with Crippen LogP contribution in [0.25, 0.3) is 10.2 Å². The van der Waals surface area contributed by atoms with E-state index in [0.29, 0.717) is 42.2 Å². The van der Waals surface area contributed by atoms with Gasteiger partial charge in [-0.1, -0.05) is 25.2 Å². The van der Waals surface area contributed by atoms with Gasteiger partial charge in [0.1, 0.15) is 0 Å². The summed E-state index contributed by atoms with van der Waals surface area (Å²) in [5.41, 5.74) is 3.71. The Balaban J connectivity index is 1.61. The Morgan fingerprint density at radius 1 is 1.03 bits per heavy atom. The summed E-state index contributed by atoms with van der Waals surface area (Å²) in [5.74, 6) is 0.489. The summed E-state index contributed by atoms with van der Waals surface area (Å²) in [6.45, 7) is 10.8. The van der Waals surface area contributed by atoms with Crippen molar-refractivity contribution in [3.8, 4) is 0 Å². The van der Waals surface area contributed by atoms with Crippen molar-refractivity contribution in [2.75, 3.05) is 45.2 Å². The van der Waals surface area contributed by atoms with E-state index in [-0.39, 0.29) is 10.8 Å². The summed E-state index contributed by atoms with van der Waals surface area (Å²) in [4.78, 5) is 22.6. The van der Waals surface area contributed by atoms with Crippen molar-refractivity contribution in [3.05, 3.63) is 53.1 Å². The van der Waals surface area contributed by atoms with Crippen molar-refractivity contribution >= 4 is 42.6 Å². The Labute approximate surface area is 225 Å². The minimum Gasteiger partial charge on any atom is -0.309 e. The van der Waals surface area contributed by atoms with E-state index in [1.807, 2.05) is 14.1 Å². The van der Waals surface area contributed by atoms with E-state index < -0.39 is 10.0 Å². The van der Waals surface area contributed by atoms with E-state index in [0.717, 1.165) is 29.6 Å². The van der Waals surface area contributed by atoms with Crippen molar-refractivity contribution < 1.29 is 13.2 Å². The number of piperidine rings is 1. The number of fused-ring (bicyclic) bond motifs is 1. The van der Waals surface area contributed by atoms with Crippen molar-refractivity contribution in [1.82, 2.24) is 14.2 Å². The number of rotatable bonds is 8. The average Bonchev–Trinajstić information content (AvgIpc) is 3.23. The molecule has 1 saturated heterocycles. The number of aromatic nitrogens is 1. The Bertz CT molecular complexity index is 1320. The molecule has 1 aromatic heterocycles. The highest BCUT2D eigenvalue weighted by Gasteiger charge is 2.32. The lowest BCUT2D eigenvalue weighted by Gasteiger charge is -2.34. The van der Waals surface area contributed by atoms with Crippen LogP contribution in [0.2, 0.25) is 0 Å². The zero-order valence-corrected chi connectivity index (χ0v) is 24.3. The first-order chi connectivity index (χ1) is 17.5. The van der Waals surface area contributed by atoms with Gasteiger partial charge in [-0.25, -0.2) is 13.4 Å². The van der Waals surface area contributed by atoms with Gasteiger partial charge in [0.25, 0.3) is 5.91 Å². The molecule has 0 radical (unpaired) electrons. The fourth-order valence-electron chi connectivity index (χ4n) is 4.99. The van der Waals surface area contributed by atoms with Crippen LogP contribution in [-0.4, -0.2) is 68.8 Å². The first kappa shape index (κ1) is 27.7. The van der Waals surface area contributed by atoms with Crippen molar-refractivity contribution in [3.63, 3.8) is 0 Å². The van der Waals surface area contributed by atoms with Crippen LogP contribution in [-0.2, 0) is 10.0 Å². The van der Waals surface area contributed by atoms with E-state index in [9.17, 15) is 13.2 Å². The molecule has 37 heavy (non-hydrogen) atoms.